The van der Waals surface area contributed by atoms with Gasteiger partial charge in [-0.3, -0.25) is 4.18 Å². The van der Waals surface area contributed by atoms with Crippen LogP contribution in [-0.2, 0) is 34.2 Å². The maximum Gasteiger partial charge on any atom is 0.344 e. The van der Waals surface area contributed by atoms with Crippen LogP contribution in [0.4, 0.5) is 0 Å². The summed E-state index contributed by atoms with van der Waals surface area (Å²) in [4.78, 5) is 22.9. The molecule has 2 N–H and O–H groups in total. The number of ether oxygens (including phenoxy) is 2. The molecule has 2 saturated carbocycles. The molecule has 0 aromatic carbocycles. The number of hydrogen-bond donors (Lipinski definition) is 3. The molecule has 10 heteroatoms. The first-order valence-corrected chi connectivity index (χ1v) is 8.43. The van der Waals surface area contributed by atoms with Gasteiger partial charge in [-0.1, -0.05) is 6.58 Å². The Morgan fingerprint density at radius 3 is 2.25 bits per heavy atom. The second-order valence-electron chi connectivity index (χ2n) is 6.19. The number of hydrogen-bond acceptors (Lipinski definition) is 9. The van der Waals surface area contributed by atoms with E-state index >= 15 is 0 Å². The van der Waals surface area contributed by atoms with E-state index in [1.165, 1.54) is 0 Å². The van der Waals surface area contributed by atoms with E-state index in [0.717, 1.165) is 6.08 Å². The Balaban J connectivity index is 2.19. The first-order chi connectivity index (χ1) is 11.3. The van der Waals surface area contributed by atoms with Crippen LogP contribution >= 0.6 is 0 Å². The molecule has 0 saturated heterocycles. The molecule has 136 valence electrons. The van der Waals surface area contributed by atoms with Gasteiger partial charge in [0, 0.05) is 16.9 Å². The SMILES string of the molecule is C=CC(=O)OCC(=O)OC1C(O[SH](=O)=O)C2(CO)CCC1(CO)C2. The van der Waals surface area contributed by atoms with Crippen molar-refractivity contribution in [1.29, 1.82) is 0 Å². The van der Waals surface area contributed by atoms with E-state index in [9.17, 15) is 28.2 Å². The number of fused-ring (bicyclic) bond motifs is 2. The average Bonchev–Trinajstić information content (AvgIpc) is 3.06. The molecule has 2 bridgehead atoms. The van der Waals surface area contributed by atoms with Crippen LogP contribution in [0.2, 0.25) is 0 Å². The largest absolute Gasteiger partial charge is 0.456 e. The highest BCUT2D eigenvalue weighted by atomic mass is 32.2. The van der Waals surface area contributed by atoms with Crippen LogP contribution in [0.25, 0.3) is 0 Å². The van der Waals surface area contributed by atoms with Crippen molar-refractivity contribution in [3.8, 4) is 0 Å². The van der Waals surface area contributed by atoms with Gasteiger partial charge < -0.3 is 19.7 Å². The predicted molar refractivity (Wildman–Crippen MR) is 79.1 cm³/mol. The number of carbonyl (C=O) groups excluding carboxylic acids is 2. The van der Waals surface area contributed by atoms with E-state index in [4.69, 9.17) is 8.92 Å². The highest BCUT2D eigenvalue weighted by Crippen LogP contribution is 2.63. The van der Waals surface area contributed by atoms with E-state index in [2.05, 4.69) is 11.3 Å². The summed E-state index contributed by atoms with van der Waals surface area (Å²) in [5.74, 6) is -1.71. The summed E-state index contributed by atoms with van der Waals surface area (Å²) in [5.41, 5.74) is -1.79. The molecule has 4 atom stereocenters. The molecule has 2 aliphatic carbocycles. The smallest absolute Gasteiger partial charge is 0.344 e. The van der Waals surface area contributed by atoms with Crippen molar-refractivity contribution in [2.75, 3.05) is 19.8 Å². The van der Waals surface area contributed by atoms with Gasteiger partial charge in [-0.05, 0) is 19.3 Å². The summed E-state index contributed by atoms with van der Waals surface area (Å²) in [6.45, 7) is 1.80. The summed E-state index contributed by atoms with van der Waals surface area (Å²) in [5, 5.41) is 19.5. The molecule has 0 heterocycles. The minimum absolute atomic E-state index is 0.269. The number of thiol groups is 1. The fraction of sp³-hybridized carbons (Fsp3) is 0.714. The first kappa shape index (κ1) is 18.8. The lowest BCUT2D eigenvalue weighted by atomic mass is 9.78. The molecule has 24 heavy (non-hydrogen) atoms. The van der Waals surface area contributed by atoms with Crippen molar-refractivity contribution in [2.24, 2.45) is 10.8 Å². The van der Waals surface area contributed by atoms with Gasteiger partial charge in [0.15, 0.2) is 6.61 Å². The van der Waals surface area contributed by atoms with Gasteiger partial charge in [0.25, 0.3) is 11.0 Å². The van der Waals surface area contributed by atoms with E-state index < -0.39 is 52.6 Å². The fourth-order valence-corrected chi connectivity index (χ4v) is 4.28. The van der Waals surface area contributed by atoms with Crippen molar-refractivity contribution in [3.63, 3.8) is 0 Å². The standard InChI is InChI=1S/C14H20O9S/c1-2-9(17)21-5-10(18)22-11-12(23-24(19)20)14(8-16)4-3-13(11,6-14)7-15/h2,11-12,15-16,24H,1,3-8H2. The second-order valence-corrected chi connectivity index (χ2v) is 6.85. The zero-order chi connectivity index (χ0) is 18.0. The molecule has 4 unspecified atom stereocenters. The van der Waals surface area contributed by atoms with Crippen molar-refractivity contribution >= 4 is 22.9 Å². The van der Waals surface area contributed by atoms with Gasteiger partial charge in [0.1, 0.15) is 12.2 Å². The maximum absolute atomic E-state index is 11.9. The third kappa shape index (κ3) is 3.32. The molecule has 9 nitrogen and oxygen atoms in total. The minimum atomic E-state index is -3.24. The predicted octanol–water partition coefficient (Wildman–Crippen LogP) is -1.31. The molecule has 2 fully saturated rings. The minimum Gasteiger partial charge on any atom is -0.456 e. The van der Waals surface area contributed by atoms with Gasteiger partial charge >= 0.3 is 11.9 Å². The van der Waals surface area contributed by atoms with E-state index in [-0.39, 0.29) is 19.6 Å². The Morgan fingerprint density at radius 2 is 1.75 bits per heavy atom. The Bertz CT molecular complexity index is 593. The Labute approximate surface area is 140 Å². The Morgan fingerprint density at radius 1 is 1.17 bits per heavy atom. The number of esters is 2. The van der Waals surface area contributed by atoms with Crippen molar-refractivity contribution < 1.29 is 41.9 Å². The quantitative estimate of drug-likeness (QED) is 0.272. The summed E-state index contributed by atoms with van der Waals surface area (Å²) >= 11 is 0. The highest BCUT2D eigenvalue weighted by Gasteiger charge is 2.68. The molecule has 0 radical (unpaired) electrons. The maximum atomic E-state index is 11.9. The van der Waals surface area contributed by atoms with Crippen LogP contribution in [-0.4, -0.2) is 62.6 Å². The average molecular weight is 364 g/mol. The van der Waals surface area contributed by atoms with Crippen LogP contribution in [0.3, 0.4) is 0 Å². The van der Waals surface area contributed by atoms with Crippen LogP contribution in [0.15, 0.2) is 12.7 Å². The van der Waals surface area contributed by atoms with Crippen molar-refractivity contribution in [2.45, 2.75) is 31.5 Å². The van der Waals surface area contributed by atoms with Crippen LogP contribution in [0.5, 0.6) is 0 Å². The van der Waals surface area contributed by atoms with Crippen LogP contribution in [0.1, 0.15) is 19.3 Å². The Kier molecular flexibility index (Phi) is 5.63. The first-order valence-electron chi connectivity index (χ1n) is 7.34. The summed E-state index contributed by atoms with van der Waals surface area (Å²) in [6, 6.07) is 0. The zero-order valence-electron chi connectivity index (χ0n) is 12.9. The lowest BCUT2D eigenvalue weighted by molar-refractivity contribution is -0.175. The molecular formula is C14H20O9S. The number of aliphatic hydroxyl groups excluding tert-OH is 2. The van der Waals surface area contributed by atoms with Crippen molar-refractivity contribution in [1.82, 2.24) is 0 Å². The monoisotopic (exact) mass is 364 g/mol. The lowest BCUT2D eigenvalue weighted by Crippen LogP contribution is -2.50. The summed E-state index contributed by atoms with van der Waals surface area (Å²) < 4.78 is 36.8. The molecule has 2 rings (SSSR count). The number of rotatable bonds is 8. The van der Waals surface area contributed by atoms with Gasteiger partial charge in [0.05, 0.1) is 13.2 Å². The van der Waals surface area contributed by atoms with E-state index in [1.54, 1.807) is 0 Å². The zero-order valence-corrected chi connectivity index (χ0v) is 13.8. The lowest BCUT2D eigenvalue weighted by Gasteiger charge is -2.39. The molecule has 2 aliphatic rings. The van der Waals surface area contributed by atoms with Crippen molar-refractivity contribution in [3.05, 3.63) is 12.7 Å². The highest BCUT2D eigenvalue weighted by molar-refractivity contribution is 7.67. The summed E-state index contributed by atoms with van der Waals surface area (Å²) in [7, 11) is -3.24. The van der Waals surface area contributed by atoms with Gasteiger partial charge in [0.2, 0.25) is 0 Å². The topological polar surface area (TPSA) is 136 Å². The normalized spacial score (nSPS) is 34.3. The van der Waals surface area contributed by atoms with Gasteiger partial charge in [-0.2, -0.15) is 0 Å². The van der Waals surface area contributed by atoms with E-state index in [0.29, 0.717) is 12.8 Å². The number of aliphatic hydroxyl groups is 2. The van der Waals surface area contributed by atoms with Crippen LogP contribution in [0, 0.1) is 10.8 Å². The van der Waals surface area contributed by atoms with Gasteiger partial charge in [-0.25, -0.2) is 18.0 Å². The van der Waals surface area contributed by atoms with Crippen LogP contribution < -0.4 is 0 Å². The molecule has 0 aromatic rings. The number of carbonyl (C=O) groups is 2. The second kappa shape index (κ2) is 7.18. The molecule has 0 amide bonds. The third-order valence-electron chi connectivity index (χ3n) is 4.89. The fourth-order valence-electron chi connectivity index (χ4n) is 3.76. The summed E-state index contributed by atoms with van der Waals surface area (Å²) in [6.07, 6.45) is -0.115. The molecule has 0 aromatic heterocycles. The van der Waals surface area contributed by atoms with E-state index in [1.807, 2.05) is 0 Å². The van der Waals surface area contributed by atoms with Gasteiger partial charge in [-0.15, -0.1) is 0 Å². The molecular weight excluding hydrogens is 344 g/mol. The Hall–Kier alpha value is -1.49. The molecule has 0 spiro atoms. The third-order valence-corrected chi connectivity index (χ3v) is 5.29. The molecule has 0 aliphatic heterocycles.